The molecule has 2 heterocycles. The molecule has 2 aromatic heterocycles. The fourth-order valence-electron chi connectivity index (χ4n) is 2.85. The van der Waals surface area contributed by atoms with Crippen LogP contribution in [-0.4, -0.2) is 32.2 Å². The molecule has 170 valence electrons. The van der Waals surface area contributed by atoms with Crippen molar-refractivity contribution in [1.29, 1.82) is 0 Å². The zero-order chi connectivity index (χ0) is 23.4. The van der Waals surface area contributed by atoms with E-state index in [9.17, 15) is 13.2 Å². The zero-order valence-electron chi connectivity index (χ0n) is 17.1. The van der Waals surface area contributed by atoms with Gasteiger partial charge in [0.05, 0.1) is 29.7 Å². The second-order valence-corrected chi connectivity index (χ2v) is 10.3. The van der Waals surface area contributed by atoms with Crippen LogP contribution in [0.15, 0.2) is 95.2 Å². The average molecular weight is 549 g/mol. The van der Waals surface area contributed by atoms with Gasteiger partial charge in [0.25, 0.3) is 5.89 Å². The Balaban J connectivity index is 1.61. The maximum atomic E-state index is 13.3. The molecule has 0 saturated carbocycles. The molecule has 0 atom stereocenters. The SMILES string of the molecule is COc1ccccc1NC(=O)CSc1oc(-c2ccco2)nc1S(=O)(=O)c1ccc(Br)cc1. The summed E-state index contributed by atoms with van der Waals surface area (Å²) in [6.07, 6.45) is 1.43. The van der Waals surface area contributed by atoms with Crippen LogP contribution in [-0.2, 0) is 14.6 Å². The minimum atomic E-state index is -4.01. The third-order valence-corrected chi connectivity index (χ3v) is 7.67. The third kappa shape index (κ3) is 5.15. The van der Waals surface area contributed by atoms with E-state index < -0.39 is 9.84 Å². The first-order valence-corrected chi connectivity index (χ1v) is 12.8. The highest BCUT2D eigenvalue weighted by Gasteiger charge is 2.30. The number of rotatable bonds is 8. The zero-order valence-corrected chi connectivity index (χ0v) is 20.4. The summed E-state index contributed by atoms with van der Waals surface area (Å²) >= 11 is 4.21. The summed E-state index contributed by atoms with van der Waals surface area (Å²) in [6, 6.07) is 16.4. The van der Waals surface area contributed by atoms with Crippen LogP contribution in [0.5, 0.6) is 5.75 Å². The van der Waals surface area contributed by atoms with Gasteiger partial charge in [-0.25, -0.2) is 8.42 Å². The van der Waals surface area contributed by atoms with E-state index in [1.807, 2.05) is 0 Å². The molecule has 8 nitrogen and oxygen atoms in total. The standard InChI is InChI=1S/C22H17BrN2O6S2/c1-29-17-6-3-2-5-16(17)24-19(26)13-32-22-21(25-20(31-22)18-7-4-12-30-18)33(27,28)15-10-8-14(23)9-11-15/h2-12H,13H2,1H3,(H,24,26). The lowest BCUT2D eigenvalue weighted by atomic mass is 10.3. The number of thioether (sulfide) groups is 1. The van der Waals surface area contributed by atoms with Gasteiger partial charge < -0.3 is 18.9 Å². The van der Waals surface area contributed by atoms with Crippen LogP contribution in [0.1, 0.15) is 0 Å². The maximum Gasteiger partial charge on any atom is 0.265 e. The quantitative estimate of drug-likeness (QED) is 0.296. The van der Waals surface area contributed by atoms with Crippen LogP contribution >= 0.6 is 27.7 Å². The van der Waals surface area contributed by atoms with Gasteiger partial charge in [-0.1, -0.05) is 39.8 Å². The Hall–Kier alpha value is -3.02. The van der Waals surface area contributed by atoms with Gasteiger partial charge in [0.15, 0.2) is 5.76 Å². The van der Waals surface area contributed by atoms with Crippen molar-refractivity contribution >= 4 is 49.1 Å². The summed E-state index contributed by atoms with van der Waals surface area (Å²) < 4.78 is 43.5. The molecule has 11 heteroatoms. The van der Waals surface area contributed by atoms with Gasteiger partial charge in [0.1, 0.15) is 5.75 Å². The summed E-state index contributed by atoms with van der Waals surface area (Å²) in [5, 5.41) is 2.44. The number of hydrogen-bond acceptors (Lipinski definition) is 8. The van der Waals surface area contributed by atoms with Gasteiger partial charge in [-0.3, -0.25) is 4.79 Å². The first-order chi connectivity index (χ1) is 15.9. The van der Waals surface area contributed by atoms with Crippen molar-refractivity contribution in [3.63, 3.8) is 0 Å². The van der Waals surface area contributed by atoms with Crippen LogP contribution in [0, 0.1) is 0 Å². The number of carbonyl (C=O) groups is 1. The lowest BCUT2D eigenvalue weighted by Crippen LogP contribution is -2.15. The maximum absolute atomic E-state index is 13.3. The monoisotopic (exact) mass is 548 g/mol. The fraction of sp³-hybridized carbons (Fsp3) is 0.0909. The molecule has 0 unspecified atom stereocenters. The number of hydrogen-bond donors (Lipinski definition) is 1. The Morgan fingerprint density at radius 2 is 1.88 bits per heavy atom. The van der Waals surface area contributed by atoms with Gasteiger partial charge in [0, 0.05) is 4.47 Å². The highest BCUT2D eigenvalue weighted by Crippen LogP contribution is 2.35. The molecule has 0 aliphatic carbocycles. The van der Waals surface area contributed by atoms with Crippen LogP contribution in [0.25, 0.3) is 11.7 Å². The molecule has 0 aliphatic rings. The van der Waals surface area contributed by atoms with Crippen molar-refractivity contribution in [2.75, 3.05) is 18.2 Å². The predicted molar refractivity (Wildman–Crippen MR) is 126 cm³/mol. The number of ether oxygens (including phenoxy) is 1. The number of amides is 1. The lowest BCUT2D eigenvalue weighted by Gasteiger charge is -2.09. The van der Waals surface area contributed by atoms with E-state index in [-0.39, 0.29) is 38.3 Å². The first-order valence-electron chi connectivity index (χ1n) is 9.49. The number of furan rings is 1. The van der Waals surface area contributed by atoms with Crippen molar-refractivity contribution < 1.29 is 26.8 Å². The van der Waals surface area contributed by atoms with E-state index in [1.54, 1.807) is 48.5 Å². The molecule has 0 bridgehead atoms. The predicted octanol–water partition coefficient (Wildman–Crippen LogP) is 5.27. The first kappa shape index (κ1) is 23.1. The molecule has 4 rings (SSSR count). The topological polar surface area (TPSA) is 112 Å². The highest BCUT2D eigenvalue weighted by molar-refractivity contribution is 9.10. The largest absolute Gasteiger partial charge is 0.495 e. The Morgan fingerprint density at radius 1 is 1.12 bits per heavy atom. The second-order valence-electron chi connectivity index (χ2n) is 6.58. The normalized spacial score (nSPS) is 11.3. The number of carbonyl (C=O) groups excluding carboxylic acids is 1. The number of sulfone groups is 1. The Morgan fingerprint density at radius 3 is 2.58 bits per heavy atom. The fourth-order valence-corrected chi connectivity index (χ4v) is 5.44. The molecular formula is C22H17BrN2O6S2. The van der Waals surface area contributed by atoms with Gasteiger partial charge >= 0.3 is 0 Å². The molecule has 1 N–H and O–H groups in total. The van der Waals surface area contributed by atoms with Crippen molar-refractivity contribution in [3.8, 4) is 17.4 Å². The van der Waals surface area contributed by atoms with Crippen molar-refractivity contribution in [2.45, 2.75) is 15.0 Å². The number of aromatic nitrogens is 1. The Bertz CT molecular complexity index is 1370. The Kier molecular flexibility index (Phi) is 6.91. The van der Waals surface area contributed by atoms with Crippen molar-refractivity contribution in [3.05, 3.63) is 71.4 Å². The molecule has 0 spiro atoms. The van der Waals surface area contributed by atoms with Gasteiger partial charge in [-0.2, -0.15) is 4.98 Å². The summed E-state index contributed by atoms with van der Waals surface area (Å²) in [4.78, 5) is 16.8. The summed E-state index contributed by atoms with van der Waals surface area (Å²) in [5.41, 5.74) is 0.502. The number of nitrogens with one attached hydrogen (secondary N) is 1. The van der Waals surface area contributed by atoms with E-state index in [1.165, 1.54) is 25.5 Å². The number of nitrogens with zero attached hydrogens (tertiary/aromatic N) is 1. The highest BCUT2D eigenvalue weighted by atomic mass is 79.9. The van der Waals surface area contributed by atoms with Crippen LogP contribution < -0.4 is 10.1 Å². The minimum Gasteiger partial charge on any atom is -0.495 e. The molecule has 0 aliphatic heterocycles. The lowest BCUT2D eigenvalue weighted by molar-refractivity contribution is -0.113. The third-order valence-electron chi connectivity index (χ3n) is 4.39. The number of halogens is 1. The van der Waals surface area contributed by atoms with E-state index in [0.29, 0.717) is 11.4 Å². The number of para-hydroxylation sites is 2. The smallest absolute Gasteiger partial charge is 0.265 e. The molecular weight excluding hydrogens is 532 g/mol. The molecule has 0 saturated heterocycles. The van der Waals surface area contributed by atoms with E-state index in [2.05, 4.69) is 26.2 Å². The molecule has 4 aromatic rings. The number of oxazole rings is 1. The molecule has 0 fully saturated rings. The molecule has 1 amide bonds. The molecule has 2 aromatic carbocycles. The van der Waals surface area contributed by atoms with Gasteiger partial charge in [0.2, 0.25) is 25.9 Å². The van der Waals surface area contributed by atoms with Gasteiger partial charge in [-0.05, 0) is 48.5 Å². The second kappa shape index (κ2) is 9.86. The van der Waals surface area contributed by atoms with Gasteiger partial charge in [-0.15, -0.1) is 0 Å². The molecule has 33 heavy (non-hydrogen) atoms. The summed E-state index contributed by atoms with van der Waals surface area (Å²) in [6.45, 7) is 0. The van der Waals surface area contributed by atoms with E-state index in [4.69, 9.17) is 13.6 Å². The van der Waals surface area contributed by atoms with Crippen molar-refractivity contribution in [2.24, 2.45) is 0 Å². The summed E-state index contributed by atoms with van der Waals surface area (Å²) in [5.74, 6) is 0.297. The Labute approximate surface area is 202 Å². The van der Waals surface area contributed by atoms with Crippen LogP contribution in [0.4, 0.5) is 5.69 Å². The number of methoxy groups -OCH3 is 1. The minimum absolute atomic E-state index is 0.00308. The average Bonchev–Trinajstić information content (AvgIpc) is 3.49. The van der Waals surface area contributed by atoms with E-state index >= 15 is 0 Å². The molecule has 0 radical (unpaired) electrons. The van der Waals surface area contributed by atoms with Crippen molar-refractivity contribution in [1.82, 2.24) is 4.98 Å². The number of benzene rings is 2. The van der Waals surface area contributed by atoms with Crippen LogP contribution in [0.2, 0.25) is 0 Å². The summed E-state index contributed by atoms with van der Waals surface area (Å²) in [7, 11) is -2.51. The van der Waals surface area contributed by atoms with E-state index in [0.717, 1.165) is 16.2 Å². The number of anilines is 1. The van der Waals surface area contributed by atoms with Crippen LogP contribution in [0.3, 0.4) is 0 Å².